The second kappa shape index (κ2) is 56.2. The summed E-state index contributed by atoms with van der Waals surface area (Å²) in [6, 6.07) is -0.544. The Morgan fingerprint density at radius 3 is 1.09 bits per heavy atom. The number of nitrogens with one attached hydrogen (secondary N) is 1. The molecule has 66 heavy (non-hydrogen) atoms. The molecule has 0 radical (unpaired) electrons. The molecule has 0 heterocycles. The summed E-state index contributed by atoms with van der Waals surface area (Å²) in [6.45, 7) is 4.95. The van der Waals surface area contributed by atoms with Gasteiger partial charge in [0.25, 0.3) is 0 Å². The number of carbonyl (C=O) groups is 2. The van der Waals surface area contributed by atoms with Gasteiger partial charge in [-0.25, -0.2) is 0 Å². The van der Waals surface area contributed by atoms with E-state index in [1.807, 2.05) is 0 Å². The van der Waals surface area contributed by atoms with Gasteiger partial charge in [-0.15, -0.1) is 0 Å². The quantitative estimate of drug-likeness (QED) is 0.0321. The Kier molecular flexibility index (Phi) is 55.0. The number of hydrogen-bond donors (Lipinski definition) is 3. The fourth-order valence-electron chi connectivity index (χ4n) is 9.46. The van der Waals surface area contributed by atoms with E-state index in [1.54, 1.807) is 0 Å². The lowest BCUT2D eigenvalue weighted by atomic mass is 10.0. The van der Waals surface area contributed by atoms with Crippen molar-refractivity contribution in [3.8, 4) is 0 Å². The maximum atomic E-state index is 12.5. The molecule has 2 unspecified atom stereocenters. The highest BCUT2D eigenvalue weighted by Gasteiger charge is 2.20. The van der Waals surface area contributed by atoms with Crippen molar-refractivity contribution in [1.82, 2.24) is 5.32 Å². The van der Waals surface area contributed by atoms with Gasteiger partial charge in [0, 0.05) is 12.8 Å². The van der Waals surface area contributed by atoms with Gasteiger partial charge in [0.15, 0.2) is 0 Å². The predicted octanol–water partition coefficient (Wildman–Crippen LogP) is 18.5. The fraction of sp³-hybridized carbons (Fsp3) is 0.933. The number of unbranched alkanes of at least 4 members (excludes halogenated alkanes) is 43. The zero-order valence-corrected chi connectivity index (χ0v) is 44.7. The van der Waals surface area contributed by atoms with Crippen LogP contribution in [0.5, 0.6) is 0 Å². The highest BCUT2D eigenvalue weighted by molar-refractivity contribution is 5.76. The molecule has 3 N–H and O–H groups in total. The molecule has 1 amide bonds. The Morgan fingerprint density at radius 1 is 0.409 bits per heavy atom. The molecule has 0 saturated heterocycles. The van der Waals surface area contributed by atoms with Crippen LogP contribution in [0.4, 0.5) is 0 Å². The second-order valence-corrected chi connectivity index (χ2v) is 20.7. The summed E-state index contributed by atoms with van der Waals surface area (Å²) in [7, 11) is 0. The summed E-state index contributed by atoms with van der Waals surface area (Å²) in [4.78, 5) is 24.5. The maximum Gasteiger partial charge on any atom is 0.305 e. The fourth-order valence-corrected chi connectivity index (χ4v) is 9.46. The van der Waals surface area contributed by atoms with Crippen LogP contribution in [0, 0.1) is 0 Å². The van der Waals surface area contributed by atoms with E-state index in [9.17, 15) is 19.8 Å². The standard InChI is InChI=1S/C60H117NO5/c1-3-5-7-9-11-13-15-17-18-19-22-25-29-32-36-40-44-48-52-58(63)57(56-62)61-59(64)53-49-45-41-37-33-30-26-23-20-21-24-27-31-35-39-43-47-51-55-66-60(65)54-50-46-42-38-34-28-16-14-12-10-8-6-4-2/h14,16,57-58,62-63H,3-13,15,17-56H2,1-2H3,(H,61,64)/b16-14-. The number of allylic oxidation sites excluding steroid dienone is 2. The number of esters is 1. The van der Waals surface area contributed by atoms with Crippen molar-refractivity contribution in [2.24, 2.45) is 0 Å². The summed E-state index contributed by atoms with van der Waals surface area (Å²) in [5.74, 6) is -0.0372. The summed E-state index contributed by atoms with van der Waals surface area (Å²) >= 11 is 0. The Hall–Kier alpha value is -1.40. The summed E-state index contributed by atoms with van der Waals surface area (Å²) in [5.41, 5.74) is 0. The van der Waals surface area contributed by atoms with E-state index in [0.29, 0.717) is 25.9 Å². The Labute approximate surface area is 412 Å². The molecule has 6 nitrogen and oxygen atoms in total. The van der Waals surface area contributed by atoms with Crippen molar-refractivity contribution in [2.45, 2.75) is 347 Å². The minimum Gasteiger partial charge on any atom is -0.466 e. The molecule has 6 heteroatoms. The summed E-state index contributed by atoms with van der Waals surface area (Å²) < 4.78 is 5.47. The molecule has 392 valence electrons. The molecule has 2 atom stereocenters. The van der Waals surface area contributed by atoms with Crippen LogP contribution in [0.1, 0.15) is 335 Å². The van der Waals surface area contributed by atoms with Crippen LogP contribution in [0.15, 0.2) is 12.2 Å². The first kappa shape index (κ1) is 64.6. The van der Waals surface area contributed by atoms with Gasteiger partial charge in [0.2, 0.25) is 5.91 Å². The minimum absolute atomic E-state index is 0.00117. The van der Waals surface area contributed by atoms with Crippen molar-refractivity contribution in [3.63, 3.8) is 0 Å². The molecule has 0 saturated carbocycles. The van der Waals surface area contributed by atoms with E-state index in [0.717, 1.165) is 44.9 Å². The number of aliphatic hydroxyl groups excluding tert-OH is 2. The number of carbonyl (C=O) groups excluding carboxylic acids is 2. The van der Waals surface area contributed by atoms with E-state index in [1.165, 1.54) is 257 Å². The largest absolute Gasteiger partial charge is 0.466 e. The van der Waals surface area contributed by atoms with Gasteiger partial charge in [0.1, 0.15) is 0 Å². The van der Waals surface area contributed by atoms with Crippen LogP contribution in [0.2, 0.25) is 0 Å². The van der Waals surface area contributed by atoms with Gasteiger partial charge in [0.05, 0.1) is 25.4 Å². The zero-order chi connectivity index (χ0) is 47.9. The normalized spacial score (nSPS) is 12.6. The molecule has 0 aliphatic heterocycles. The van der Waals surface area contributed by atoms with Gasteiger partial charge in [-0.05, 0) is 51.4 Å². The van der Waals surface area contributed by atoms with Gasteiger partial charge >= 0.3 is 5.97 Å². The Bertz CT molecular complexity index is 986. The van der Waals surface area contributed by atoms with E-state index in [4.69, 9.17) is 4.74 Å². The summed E-state index contributed by atoms with van der Waals surface area (Å²) in [6.07, 6.45) is 66.3. The lowest BCUT2D eigenvalue weighted by Crippen LogP contribution is -2.45. The molecule has 0 aliphatic carbocycles. The van der Waals surface area contributed by atoms with Crippen LogP contribution >= 0.6 is 0 Å². The Morgan fingerprint density at radius 2 is 0.712 bits per heavy atom. The minimum atomic E-state index is -0.667. The van der Waals surface area contributed by atoms with Crippen LogP contribution in [0.3, 0.4) is 0 Å². The number of ether oxygens (including phenoxy) is 1. The third-order valence-corrected chi connectivity index (χ3v) is 14.1. The molecular weight excluding hydrogens is 815 g/mol. The topological polar surface area (TPSA) is 95.9 Å². The maximum absolute atomic E-state index is 12.5. The highest BCUT2D eigenvalue weighted by Crippen LogP contribution is 2.18. The van der Waals surface area contributed by atoms with Crippen LogP contribution in [-0.2, 0) is 14.3 Å². The molecule has 0 aromatic heterocycles. The third-order valence-electron chi connectivity index (χ3n) is 14.1. The van der Waals surface area contributed by atoms with Crippen molar-refractivity contribution in [2.75, 3.05) is 13.2 Å². The van der Waals surface area contributed by atoms with Gasteiger partial charge in [-0.3, -0.25) is 9.59 Å². The Balaban J connectivity index is 3.41. The van der Waals surface area contributed by atoms with Crippen molar-refractivity contribution >= 4 is 11.9 Å². The first-order valence-electron chi connectivity index (χ1n) is 29.9. The van der Waals surface area contributed by atoms with E-state index in [-0.39, 0.29) is 18.5 Å². The molecule has 0 fully saturated rings. The molecule has 0 aromatic rings. The van der Waals surface area contributed by atoms with Gasteiger partial charge in [-0.1, -0.05) is 283 Å². The van der Waals surface area contributed by atoms with E-state index >= 15 is 0 Å². The number of hydrogen-bond acceptors (Lipinski definition) is 5. The predicted molar refractivity (Wildman–Crippen MR) is 287 cm³/mol. The molecule has 0 rings (SSSR count). The number of rotatable bonds is 56. The molecular formula is C60H117NO5. The SMILES string of the molecule is CCCCCC/C=C\CCCCCCCC(=O)OCCCCCCCCCCCCCCCCCCCCC(=O)NC(CO)C(O)CCCCCCCCCCCCCCCCCCCC. The van der Waals surface area contributed by atoms with Crippen LogP contribution < -0.4 is 5.32 Å². The van der Waals surface area contributed by atoms with Gasteiger partial charge in [-0.2, -0.15) is 0 Å². The molecule has 0 aliphatic rings. The molecule has 0 aromatic carbocycles. The number of amides is 1. The van der Waals surface area contributed by atoms with Gasteiger partial charge < -0.3 is 20.3 Å². The first-order chi connectivity index (χ1) is 32.5. The lowest BCUT2D eigenvalue weighted by Gasteiger charge is -2.22. The second-order valence-electron chi connectivity index (χ2n) is 20.7. The van der Waals surface area contributed by atoms with E-state index < -0.39 is 12.1 Å². The highest BCUT2D eigenvalue weighted by atomic mass is 16.5. The first-order valence-corrected chi connectivity index (χ1v) is 29.9. The summed E-state index contributed by atoms with van der Waals surface area (Å²) in [5, 5.41) is 23.3. The lowest BCUT2D eigenvalue weighted by molar-refractivity contribution is -0.143. The number of aliphatic hydroxyl groups is 2. The monoisotopic (exact) mass is 932 g/mol. The smallest absolute Gasteiger partial charge is 0.305 e. The third kappa shape index (κ3) is 52.0. The van der Waals surface area contributed by atoms with Crippen LogP contribution in [0.25, 0.3) is 0 Å². The average molecular weight is 933 g/mol. The zero-order valence-electron chi connectivity index (χ0n) is 44.7. The van der Waals surface area contributed by atoms with Crippen molar-refractivity contribution < 1.29 is 24.5 Å². The molecule has 0 spiro atoms. The van der Waals surface area contributed by atoms with E-state index in [2.05, 4.69) is 31.3 Å². The van der Waals surface area contributed by atoms with Crippen molar-refractivity contribution in [3.05, 3.63) is 12.2 Å². The molecule has 0 bridgehead atoms. The average Bonchev–Trinajstić information content (AvgIpc) is 3.32. The van der Waals surface area contributed by atoms with Crippen molar-refractivity contribution in [1.29, 1.82) is 0 Å². The van der Waals surface area contributed by atoms with Crippen LogP contribution in [-0.4, -0.2) is 47.4 Å².